The Labute approximate surface area is 107 Å². The average Bonchev–Trinajstić information content (AvgIpc) is 2.41. The first-order chi connectivity index (χ1) is 8.63. The zero-order chi connectivity index (χ0) is 13.1. The molecule has 1 heterocycles. The van der Waals surface area contributed by atoms with Crippen molar-refractivity contribution in [2.45, 2.75) is 25.9 Å². The fourth-order valence-electron chi connectivity index (χ4n) is 2.20. The molecular weight excluding hydrogens is 226 g/mol. The van der Waals surface area contributed by atoms with Crippen molar-refractivity contribution < 1.29 is 4.79 Å². The summed E-state index contributed by atoms with van der Waals surface area (Å²) in [5.74, 6) is 0.0420. The Balaban J connectivity index is 2.17. The lowest BCUT2D eigenvalue weighted by Gasteiger charge is -2.38. The van der Waals surface area contributed by atoms with Gasteiger partial charge in [0.25, 0.3) is 5.91 Å². The Morgan fingerprint density at radius 3 is 2.67 bits per heavy atom. The summed E-state index contributed by atoms with van der Waals surface area (Å²) in [7, 11) is 0. The fourth-order valence-corrected chi connectivity index (χ4v) is 2.20. The predicted octanol–water partition coefficient (Wildman–Crippen LogP) is 1.38. The van der Waals surface area contributed by atoms with Gasteiger partial charge in [0.05, 0.1) is 11.6 Å². The average molecular weight is 243 g/mol. The highest BCUT2D eigenvalue weighted by Crippen LogP contribution is 2.14. The summed E-state index contributed by atoms with van der Waals surface area (Å²) >= 11 is 0. The van der Waals surface area contributed by atoms with Crippen LogP contribution in [0.3, 0.4) is 0 Å². The SMILES string of the molecule is CC1NCCN(C(=O)c2ccc(C#N)cc2)C1C. The van der Waals surface area contributed by atoms with Crippen LogP contribution in [-0.4, -0.2) is 36.0 Å². The second-order valence-electron chi connectivity index (χ2n) is 4.67. The molecule has 2 rings (SSSR count). The number of nitrogens with zero attached hydrogens (tertiary/aromatic N) is 2. The zero-order valence-electron chi connectivity index (χ0n) is 10.7. The fraction of sp³-hybridized carbons (Fsp3) is 0.429. The van der Waals surface area contributed by atoms with Crippen molar-refractivity contribution in [1.82, 2.24) is 10.2 Å². The van der Waals surface area contributed by atoms with E-state index in [0.717, 1.165) is 13.1 Å². The number of carbonyl (C=O) groups excluding carboxylic acids is 1. The third-order valence-corrected chi connectivity index (χ3v) is 3.56. The van der Waals surface area contributed by atoms with Crippen molar-refractivity contribution >= 4 is 5.91 Å². The molecule has 0 aliphatic carbocycles. The second-order valence-corrected chi connectivity index (χ2v) is 4.67. The van der Waals surface area contributed by atoms with Crippen molar-refractivity contribution in [1.29, 1.82) is 5.26 Å². The maximum atomic E-state index is 12.4. The number of benzene rings is 1. The summed E-state index contributed by atoms with van der Waals surface area (Å²) in [6.07, 6.45) is 0. The first-order valence-corrected chi connectivity index (χ1v) is 6.18. The van der Waals surface area contributed by atoms with E-state index in [0.29, 0.717) is 17.2 Å². The molecular formula is C14H17N3O. The lowest BCUT2D eigenvalue weighted by molar-refractivity contribution is 0.0603. The van der Waals surface area contributed by atoms with Crippen LogP contribution < -0.4 is 5.32 Å². The van der Waals surface area contributed by atoms with Crippen molar-refractivity contribution in [2.24, 2.45) is 0 Å². The highest BCUT2D eigenvalue weighted by atomic mass is 16.2. The number of piperazine rings is 1. The molecule has 0 aromatic heterocycles. The van der Waals surface area contributed by atoms with E-state index < -0.39 is 0 Å². The molecule has 1 aromatic rings. The second kappa shape index (κ2) is 5.19. The maximum Gasteiger partial charge on any atom is 0.254 e. The van der Waals surface area contributed by atoms with E-state index in [1.54, 1.807) is 24.3 Å². The van der Waals surface area contributed by atoms with Gasteiger partial charge in [-0.05, 0) is 38.1 Å². The lowest BCUT2D eigenvalue weighted by atomic mass is 10.0. The number of nitriles is 1. The van der Waals surface area contributed by atoms with Crippen molar-refractivity contribution in [3.8, 4) is 6.07 Å². The van der Waals surface area contributed by atoms with Gasteiger partial charge in [0.2, 0.25) is 0 Å². The number of nitrogens with one attached hydrogen (secondary N) is 1. The van der Waals surface area contributed by atoms with Gasteiger partial charge >= 0.3 is 0 Å². The molecule has 0 saturated carbocycles. The monoisotopic (exact) mass is 243 g/mol. The van der Waals surface area contributed by atoms with Crippen LogP contribution >= 0.6 is 0 Å². The Kier molecular flexibility index (Phi) is 3.63. The van der Waals surface area contributed by atoms with Gasteiger partial charge in [0, 0.05) is 30.7 Å². The van der Waals surface area contributed by atoms with Crippen LogP contribution in [0.5, 0.6) is 0 Å². The number of hydrogen-bond acceptors (Lipinski definition) is 3. The molecule has 1 aromatic carbocycles. The quantitative estimate of drug-likeness (QED) is 0.810. The minimum Gasteiger partial charge on any atom is -0.333 e. The molecule has 1 aliphatic heterocycles. The van der Waals surface area contributed by atoms with E-state index in [2.05, 4.69) is 25.2 Å². The van der Waals surface area contributed by atoms with Gasteiger partial charge in [-0.15, -0.1) is 0 Å². The summed E-state index contributed by atoms with van der Waals surface area (Å²) in [6, 6.07) is 9.36. The largest absolute Gasteiger partial charge is 0.333 e. The molecule has 4 heteroatoms. The van der Waals surface area contributed by atoms with Crippen molar-refractivity contribution in [3.63, 3.8) is 0 Å². The van der Waals surface area contributed by atoms with Crippen LogP contribution in [0.4, 0.5) is 0 Å². The van der Waals surface area contributed by atoms with Crippen molar-refractivity contribution in [2.75, 3.05) is 13.1 Å². The van der Waals surface area contributed by atoms with Crippen molar-refractivity contribution in [3.05, 3.63) is 35.4 Å². The number of hydrogen-bond donors (Lipinski definition) is 1. The Morgan fingerprint density at radius 1 is 1.39 bits per heavy atom. The molecule has 0 radical (unpaired) electrons. The van der Waals surface area contributed by atoms with Gasteiger partial charge in [-0.3, -0.25) is 4.79 Å². The zero-order valence-corrected chi connectivity index (χ0v) is 10.7. The Hall–Kier alpha value is -1.86. The normalized spacial score (nSPS) is 23.5. The lowest BCUT2D eigenvalue weighted by Crippen LogP contribution is -2.57. The third-order valence-electron chi connectivity index (χ3n) is 3.56. The highest BCUT2D eigenvalue weighted by molar-refractivity contribution is 5.94. The van der Waals surface area contributed by atoms with E-state index in [1.807, 2.05) is 4.90 Å². The molecule has 18 heavy (non-hydrogen) atoms. The predicted molar refractivity (Wildman–Crippen MR) is 69.1 cm³/mol. The molecule has 1 aliphatic rings. The number of carbonyl (C=O) groups is 1. The van der Waals surface area contributed by atoms with Gasteiger partial charge in [-0.2, -0.15) is 5.26 Å². The molecule has 94 valence electrons. The minimum atomic E-state index is 0.0420. The number of rotatable bonds is 1. The van der Waals surface area contributed by atoms with Crippen LogP contribution in [0.2, 0.25) is 0 Å². The van der Waals surface area contributed by atoms with Gasteiger partial charge in [-0.1, -0.05) is 0 Å². The van der Waals surface area contributed by atoms with Gasteiger partial charge < -0.3 is 10.2 Å². The van der Waals surface area contributed by atoms with Gasteiger partial charge in [-0.25, -0.2) is 0 Å². The molecule has 4 nitrogen and oxygen atoms in total. The summed E-state index contributed by atoms with van der Waals surface area (Å²) in [5, 5.41) is 12.1. The Bertz CT molecular complexity index is 475. The smallest absolute Gasteiger partial charge is 0.254 e. The molecule has 1 saturated heterocycles. The summed E-state index contributed by atoms with van der Waals surface area (Å²) in [5.41, 5.74) is 1.23. The van der Waals surface area contributed by atoms with E-state index in [4.69, 9.17) is 5.26 Å². The van der Waals surface area contributed by atoms with Crippen LogP contribution in [0.15, 0.2) is 24.3 Å². The first-order valence-electron chi connectivity index (χ1n) is 6.18. The van der Waals surface area contributed by atoms with E-state index in [1.165, 1.54) is 0 Å². The van der Waals surface area contributed by atoms with Crippen LogP contribution in [0.25, 0.3) is 0 Å². The Morgan fingerprint density at radius 2 is 2.06 bits per heavy atom. The third kappa shape index (κ3) is 2.36. The molecule has 2 unspecified atom stereocenters. The molecule has 1 fully saturated rings. The summed E-state index contributed by atoms with van der Waals surface area (Å²) in [6.45, 7) is 5.69. The molecule has 0 bridgehead atoms. The molecule has 1 N–H and O–H groups in total. The van der Waals surface area contributed by atoms with Crippen LogP contribution in [0.1, 0.15) is 29.8 Å². The van der Waals surface area contributed by atoms with Gasteiger partial charge in [0.1, 0.15) is 0 Å². The molecule has 1 amide bonds. The van der Waals surface area contributed by atoms with Gasteiger partial charge in [0.15, 0.2) is 0 Å². The topological polar surface area (TPSA) is 56.1 Å². The highest BCUT2D eigenvalue weighted by Gasteiger charge is 2.28. The standard InChI is InChI=1S/C14H17N3O/c1-10-11(2)17(8-7-16-10)14(18)13-5-3-12(9-15)4-6-13/h3-6,10-11,16H,7-8H2,1-2H3. The first kappa shape index (κ1) is 12.6. The van der Waals surface area contributed by atoms with E-state index >= 15 is 0 Å². The van der Waals surface area contributed by atoms with E-state index in [-0.39, 0.29) is 11.9 Å². The molecule has 0 spiro atoms. The summed E-state index contributed by atoms with van der Waals surface area (Å²) < 4.78 is 0. The minimum absolute atomic E-state index is 0.0420. The summed E-state index contributed by atoms with van der Waals surface area (Å²) in [4.78, 5) is 14.3. The maximum absolute atomic E-state index is 12.4. The number of amides is 1. The van der Waals surface area contributed by atoms with E-state index in [9.17, 15) is 4.79 Å². The van der Waals surface area contributed by atoms with Crippen LogP contribution in [0, 0.1) is 11.3 Å². The van der Waals surface area contributed by atoms with Crippen LogP contribution in [-0.2, 0) is 0 Å². The molecule has 2 atom stereocenters.